The molecule has 1 aliphatic heterocycles. The SMILES string of the molecule is CC1=NN(C2C=CC(Nc3nc(N)c(C(=N)Cl)c(N)n3)=CC2)C(C)C1. The van der Waals surface area contributed by atoms with E-state index in [1.807, 2.05) is 6.08 Å². The second kappa shape index (κ2) is 6.72. The standard InChI is InChI=1S/C16H21ClN8/c1-8-7-9(2)25(24-8)11-5-3-10(4-6-11)21-16-22-14(19)12(13(17)18)15(20)23-16/h3-5,9,11,18H,6-7H2,1-2H3,(H5,19,20,21,22,23). The molecule has 0 saturated heterocycles. The van der Waals surface area contributed by atoms with Crippen molar-refractivity contribution in [2.45, 2.75) is 38.8 Å². The maximum absolute atomic E-state index is 7.44. The summed E-state index contributed by atoms with van der Waals surface area (Å²) in [7, 11) is 0. The molecule has 2 atom stereocenters. The molecule has 0 amide bonds. The molecule has 0 radical (unpaired) electrons. The summed E-state index contributed by atoms with van der Waals surface area (Å²) in [6.07, 6.45) is 7.98. The van der Waals surface area contributed by atoms with Crippen LogP contribution >= 0.6 is 11.6 Å². The van der Waals surface area contributed by atoms with Gasteiger partial charge in [-0.2, -0.15) is 15.1 Å². The first kappa shape index (κ1) is 17.2. The quantitative estimate of drug-likeness (QED) is 0.609. The Morgan fingerprint density at radius 1 is 1.36 bits per heavy atom. The lowest BCUT2D eigenvalue weighted by Crippen LogP contribution is -2.34. The van der Waals surface area contributed by atoms with Gasteiger partial charge in [0.15, 0.2) is 0 Å². The van der Waals surface area contributed by atoms with Gasteiger partial charge in [-0.15, -0.1) is 0 Å². The highest BCUT2D eigenvalue weighted by Gasteiger charge is 2.26. The van der Waals surface area contributed by atoms with E-state index in [4.69, 9.17) is 28.5 Å². The number of nitrogens with zero attached hydrogens (tertiary/aromatic N) is 4. The molecule has 0 aromatic carbocycles. The van der Waals surface area contributed by atoms with Crippen molar-refractivity contribution in [3.8, 4) is 0 Å². The largest absolute Gasteiger partial charge is 0.383 e. The summed E-state index contributed by atoms with van der Waals surface area (Å²) in [6, 6.07) is 0.659. The lowest BCUT2D eigenvalue weighted by atomic mass is 10.0. The van der Waals surface area contributed by atoms with Crippen LogP contribution in [0.1, 0.15) is 32.3 Å². The van der Waals surface area contributed by atoms with Crippen molar-refractivity contribution in [2.75, 3.05) is 16.8 Å². The number of halogens is 1. The van der Waals surface area contributed by atoms with Crippen molar-refractivity contribution in [2.24, 2.45) is 5.10 Å². The normalized spacial score (nSPS) is 22.6. The topological polar surface area (TPSA) is 129 Å². The third kappa shape index (κ3) is 3.58. The number of hydrogen-bond donors (Lipinski definition) is 4. The van der Waals surface area contributed by atoms with Crippen LogP contribution in [0.15, 0.2) is 29.0 Å². The van der Waals surface area contributed by atoms with Crippen LogP contribution in [0, 0.1) is 5.41 Å². The van der Waals surface area contributed by atoms with Gasteiger partial charge in [0, 0.05) is 17.8 Å². The van der Waals surface area contributed by atoms with Crippen molar-refractivity contribution in [1.29, 1.82) is 5.41 Å². The number of aromatic nitrogens is 2. The van der Waals surface area contributed by atoms with Gasteiger partial charge in [-0.25, -0.2) is 0 Å². The van der Waals surface area contributed by atoms with E-state index >= 15 is 0 Å². The van der Waals surface area contributed by atoms with Crippen LogP contribution in [0.4, 0.5) is 17.6 Å². The third-order valence-corrected chi connectivity index (χ3v) is 4.38. The Balaban J connectivity index is 1.70. The molecule has 2 aliphatic rings. The van der Waals surface area contributed by atoms with E-state index in [1.165, 1.54) is 0 Å². The van der Waals surface area contributed by atoms with E-state index in [0.29, 0.717) is 6.04 Å². The molecular weight excluding hydrogens is 340 g/mol. The Morgan fingerprint density at radius 3 is 2.52 bits per heavy atom. The van der Waals surface area contributed by atoms with Crippen LogP contribution in [-0.4, -0.2) is 37.9 Å². The fourth-order valence-corrected chi connectivity index (χ4v) is 3.26. The predicted molar refractivity (Wildman–Crippen MR) is 102 cm³/mol. The van der Waals surface area contributed by atoms with E-state index in [9.17, 15) is 0 Å². The molecule has 1 aromatic rings. The molecule has 0 spiro atoms. The predicted octanol–water partition coefficient (Wildman–Crippen LogP) is 2.30. The molecule has 25 heavy (non-hydrogen) atoms. The fraction of sp³-hybridized carbons (Fsp3) is 0.375. The number of rotatable bonds is 4. The average Bonchev–Trinajstić information content (AvgIpc) is 2.85. The first-order valence-electron chi connectivity index (χ1n) is 8.00. The molecule has 1 aliphatic carbocycles. The summed E-state index contributed by atoms with van der Waals surface area (Å²) in [5.74, 6) is 0.419. The monoisotopic (exact) mass is 360 g/mol. The van der Waals surface area contributed by atoms with Crippen LogP contribution in [0.3, 0.4) is 0 Å². The van der Waals surface area contributed by atoms with Gasteiger partial charge in [0.05, 0.1) is 17.6 Å². The summed E-state index contributed by atoms with van der Waals surface area (Å²) in [4.78, 5) is 8.22. The highest BCUT2D eigenvalue weighted by Crippen LogP contribution is 2.25. The van der Waals surface area contributed by atoms with E-state index in [2.05, 4.69) is 51.4 Å². The Morgan fingerprint density at radius 2 is 2.04 bits per heavy atom. The van der Waals surface area contributed by atoms with Crippen LogP contribution < -0.4 is 16.8 Å². The second-order valence-electron chi connectivity index (χ2n) is 6.22. The number of anilines is 3. The zero-order valence-corrected chi connectivity index (χ0v) is 14.9. The molecule has 1 aromatic heterocycles. The minimum atomic E-state index is -0.281. The molecule has 3 rings (SSSR count). The number of allylic oxidation sites excluding steroid dienone is 1. The highest BCUT2D eigenvalue weighted by atomic mass is 35.5. The minimum absolute atomic E-state index is 0.0731. The second-order valence-corrected chi connectivity index (χ2v) is 6.60. The highest BCUT2D eigenvalue weighted by molar-refractivity contribution is 6.69. The lowest BCUT2D eigenvalue weighted by molar-refractivity contribution is 0.201. The molecule has 0 fully saturated rings. The molecule has 0 saturated carbocycles. The Labute approximate surface area is 151 Å². The maximum Gasteiger partial charge on any atom is 0.231 e. The van der Waals surface area contributed by atoms with Crippen LogP contribution in [0.2, 0.25) is 0 Å². The zero-order valence-electron chi connectivity index (χ0n) is 14.1. The molecule has 6 N–H and O–H groups in total. The Hall–Kier alpha value is -2.61. The summed E-state index contributed by atoms with van der Waals surface area (Å²) in [6.45, 7) is 4.24. The number of nitrogen functional groups attached to an aromatic ring is 2. The van der Waals surface area contributed by atoms with Gasteiger partial charge in [0.2, 0.25) is 5.95 Å². The molecule has 2 unspecified atom stereocenters. The lowest BCUT2D eigenvalue weighted by Gasteiger charge is -2.29. The van der Waals surface area contributed by atoms with Crippen LogP contribution in [0.25, 0.3) is 0 Å². The minimum Gasteiger partial charge on any atom is -0.383 e. The molecule has 0 bridgehead atoms. The Kier molecular flexibility index (Phi) is 4.63. The number of hydrazone groups is 1. The number of nitrogens with one attached hydrogen (secondary N) is 2. The smallest absolute Gasteiger partial charge is 0.231 e. The Bertz CT molecular complexity index is 774. The zero-order chi connectivity index (χ0) is 18.1. The van der Waals surface area contributed by atoms with Crippen molar-refractivity contribution in [1.82, 2.24) is 15.0 Å². The maximum atomic E-state index is 7.44. The van der Waals surface area contributed by atoms with Gasteiger partial charge >= 0.3 is 0 Å². The number of nitrogens with two attached hydrogens (primary N) is 2. The first-order valence-corrected chi connectivity index (χ1v) is 8.38. The molecule has 132 valence electrons. The van der Waals surface area contributed by atoms with E-state index in [0.717, 1.165) is 24.3 Å². The van der Waals surface area contributed by atoms with Gasteiger partial charge in [-0.05, 0) is 26.3 Å². The first-order chi connectivity index (χ1) is 11.8. The van der Waals surface area contributed by atoms with E-state index in [1.54, 1.807) is 0 Å². The van der Waals surface area contributed by atoms with Crippen molar-refractivity contribution in [3.05, 3.63) is 29.5 Å². The molecule has 8 nitrogen and oxygen atoms in total. The van der Waals surface area contributed by atoms with Gasteiger partial charge < -0.3 is 16.8 Å². The van der Waals surface area contributed by atoms with Crippen LogP contribution in [-0.2, 0) is 0 Å². The van der Waals surface area contributed by atoms with Crippen molar-refractivity contribution < 1.29 is 0 Å². The van der Waals surface area contributed by atoms with E-state index in [-0.39, 0.29) is 34.4 Å². The summed E-state index contributed by atoms with van der Waals surface area (Å²) < 4.78 is 0. The summed E-state index contributed by atoms with van der Waals surface area (Å²) in [5.41, 5.74) is 13.8. The van der Waals surface area contributed by atoms with Crippen LogP contribution in [0.5, 0.6) is 0 Å². The third-order valence-electron chi connectivity index (χ3n) is 4.19. The number of hydrogen-bond acceptors (Lipinski definition) is 8. The van der Waals surface area contributed by atoms with Gasteiger partial charge in [0.25, 0.3) is 0 Å². The van der Waals surface area contributed by atoms with Crippen molar-refractivity contribution >= 4 is 40.1 Å². The van der Waals surface area contributed by atoms with Crippen molar-refractivity contribution in [3.63, 3.8) is 0 Å². The van der Waals surface area contributed by atoms with Gasteiger partial charge in [-0.3, -0.25) is 10.4 Å². The molecule has 9 heteroatoms. The molecular formula is C16H21ClN8. The summed E-state index contributed by atoms with van der Waals surface area (Å²) >= 11 is 5.64. The summed E-state index contributed by atoms with van der Waals surface area (Å²) in [5, 5.41) is 17.0. The van der Waals surface area contributed by atoms with Gasteiger partial charge in [0.1, 0.15) is 16.8 Å². The van der Waals surface area contributed by atoms with E-state index < -0.39 is 0 Å². The molecule has 2 heterocycles. The van der Waals surface area contributed by atoms with Gasteiger partial charge in [-0.1, -0.05) is 23.8 Å². The average molecular weight is 361 g/mol. The fourth-order valence-electron chi connectivity index (χ4n) is 3.06.